The summed E-state index contributed by atoms with van der Waals surface area (Å²) in [5.74, 6) is 1.02. The largest absolute Gasteiger partial charge is 0.147 e. The molecule has 0 bridgehead atoms. The van der Waals surface area contributed by atoms with Gasteiger partial charge in [0, 0.05) is 0 Å². The summed E-state index contributed by atoms with van der Waals surface area (Å²) >= 11 is -3.49. The Balaban J connectivity index is 0.00000312. The van der Waals surface area contributed by atoms with E-state index < -0.39 is 13.0 Å². The zero-order valence-electron chi connectivity index (χ0n) is 18.0. The van der Waals surface area contributed by atoms with Gasteiger partial charge in [0.25, 0.3) is 0 Å². The Bertz CT molecular complexity index is 740. The fourth-order valence-corrected chi connectivity index (χ4v) is 25.0. The van der Waals surface area contributed by atoms with Crippen LogP contribution in [0.2, 0.25) is 4.73 Å². The van der Waals surface area contributed by atoms with Gasteiger partial charge in [-0.05, 0) is 0 Å². The summed E-state index contributed by atoms with van der Waals surface area (Å²) in [6.45, 7) is 21.0. The fourth-order valence-electron chi connectivity index (χ4n) is 5.52. The second kappa shape index (κ2) is 8.64. The molecule has 0 heterocycles. The monoisotopic (exact) mass is 470 g/mol. The van der Waals surface area contributed by atoms with E-state index in [1.165, 1.54) is 44.6 Å². The Kier molecular flexibility index (Phi) is 8.89. The molecule has 5 heteroatoms. The first-order valence-electron chi connectivity index (χ1n) is 9.41. The van der Waals surface area contributed by atoms with Crippen molar-refractivity contribution in [3.63, 3.8) is 0 Å². The molecular formula is C21H37Cl3SiTi. The van der Waals surface area contributed by atoms with Gasteiger partial charge in [-0.1, -0.05) is 0 Å². The molecule has 0 aromatic rings. The van der Waals surface area contributed by atoms with Crippen LogP contribution in [-0.4, -0.2) is 7.63 Å². The second-order valence-corrected chi connectivity index (χ2v) is 27.7. The van der Waals surface area contributed by atoms with Gasteiger partial charge in [-0.25, -0.2) is 0 Å². The van der Waals surface area contributed by atoms with Crippen molar-refractivity contribution in [2.45, 2.75) is 73.5 Å². The Labute approximate surface area is 180 Å². The molecule has 2 aliphatic carbocycles. The van der Waals surface area contributed by atoms with Gasteiger partial charge in [0.2, 0.25) is 0 Å². The van der Waals surface area contributed by atoms with Gasteiger partial charge in [-0.3, -0.25) is 0 Å². The average molecular weight is 472 g/mol. The van der Waals surface area contributed by atoms with Gasteiger partial charge in [-0.2, -0.15) is 0 Å². The predicted octanol–water partition coefficient (Wildman–Crippen LogP) is 7.57. The summed E-state index contributed by atoms with van der Waals surface area (Å²) in [5, 5.41) is 0. The predicted molar refractivity (Wildman–Crippen MR) is 124 cm³/mol. The Morgan fingerprint density at radius 2 is 1.08 bits per heavy atom. The van der Waals surface area contributed by atoms with Crippen LogP contribution in [0, 0.1) is 11.8 Å². The van der Waals surface area contributed by atoms with Crippen molar-refractivity contribution in [2.75, 3.05) is 0 Å². The van der Waals surface area contributed by atoms with Gasteiger partial charge in [0.05, 0.1) is 0 Å². The third-order valence-corrected chi connectivity index (χ3v) is 23.1. The molecule has 2 atom stereocenters. The minimum atomic E-state index is -3.49. The van der Waals surface area contributed by atoms with Crippen LogP contribution in [0.1, 0.15) is 68.7 Å². The van der Waals surface area contributed by atoms with Gasteiger partial charge in [0.1, 0.15) is 0 Å². The van der Waals surface area contributed by atoms with Crippen LogP contribution in [-0.2, 0) is 13.0 Å². The van der Waals surface area contributed by atoms with E-state index in [9.17, 15) is 0 Å². The molecule has 0 spiro atoms. The summed E-state index contributed by atoms with van der Waals surface area (Å²) in [6, 6.07) is 0. The molecular weight excluding hydrogens is 435 g/mol. The Hall–Kier alpha value is 0.761. The van der Waals surface area contributed by atoms with Crippen molar-refractivity contribution in [1.82, 2.24) is 0 Å². The fraction of sp³-hybridized carbons (Fsp3) is 0.619. The SMILES string of the molecule is CC[CH2][Ti](=[SiH2])([Cl])([C]1=C(C)C(C)=C(C)C1C)[C]1=C(C)C(C)=C(C)C1C.Cl.Cl. The summed E-state index contributed by atoms with van der Waals surface area (Å²) in [6.07, 6.45) is 1.17. The van der Waals surface area contributed by atoms with Gasteiger partial charge >= 0.3 is 156 Å². The molecule has 0 aromatic carbocycles. The molecule has 2 aliphatic rings. The summed E-state index contributed by atoms with van der Waals surface area (Å²) in [4.78, 5) is 0. The third kappa shape index (κ3) is 3.67. The maximum atomic E-state index is 7.98. The van der Waals surface area contributed by atoms with E-state index in [1.807, 2.05) is 0 Å². The smallest absolute Gasteiger partial charge is 0.147 e. The Morgan fingerprint density at radius 1 is 0.769 bits per heavy atom. The molecule has 0 amide bonds. The third-order valence-electron chi connectivity index (χ3n) is 7.29. The normalized spacial score (nSPS) is 24.4. The Morgan fingerprint density at radius 3 is 1.27 bits per heavy atom. The summed E-state index contributed by atoms with van der Waals surface area (Å²) < 4.78 is 4.48. The van der Waals surface area contributed by atoms with E-state index in [4.69, 9.17) is 9.30 Å². The van der Waals surface area contributed by atoms with Gasteiger partial charge in [0.15, 0.2) is 0 Å². The van der Waals surface area contributed by atoms with Crippen molar-refractivity contribution in [2.24, 2.45) is 11.8 Å². The molecule has 0 aromatic heterocycles. The van der Waals surface area contributed by atoms with Gasteiger partial charge in [-0.15, -0.1) is 24.8 Å². The number of rotatable bonds is 4. The molecule has 0 radical (unpaired) electrons. The summed E-state index contributed by atoms with van der Waals surface area (Å²) in [5.41, 5.74) is 9.05. The molecule has 150 valence electrons. The summed E-state index contributed by atoms with van der Waals surface area (Å²) in [7, 11) is 10.2. The molecule has 0 aliphatic heterocycles. The van der Waals surface area contributed by atoms with Crippen molar-refractivity contribution < 1.29 is 13.0 Å². The van der Waals surface area contributed by atoms with Crippen LogP contribution < -0.4 is 0 Å². The van der Waals surface area contributed by atoms with Crippen molar-refractivity contribution in [3.05, 3.63) is 41.2 Å². The average Bonchev–Trinajstić information content (AvgIpc) is 2.81. The van der Waals surface area contributed by atoms with Crippen molar-refractivity contribution in [3.8, 4) is 0 Å². The number of allylic oxidation sites excluding steroid dienone is 8. The van der Waals surface area contributed by atoms with Gasteiger partial charge < -0.3 is 0 Å². The molecule has 0 nitrogen and oxygen atoms in total. The zero-order chi connectivity index (χ0) is 18.6. The van der Waals surface area contributed by atoms with Crippen LogP contribution in [0.3, 0.4) is 0 Å². The van der Waals surface area contributed by atoms with E-state index in [0.717, 1.165) is 0 Å². The van der Waals surface area contributed by atoms with Crippen LogP contribution in [0.25, 0.3) is 0 Å². The van der Waals surface area contributed by atoms with E-state index in [-0.39, 0.29) is 24.8 Å². The molecule has 2 rings (SSSR count). The number of hydrogen-bond donors (Lipinski definition) is 0. The van der Waals surface area contributed by atoms with E-state index in [1.54, 1.807) is 7.76 Å². The molecule has 0 N–H and O–H groups in total. The van der Waals surface area contributed by atoms with E-state index in [2.05, 4.69) is 69.9 Å². The molecule has 0 saturated carbocycles. The van der Waals surface area contributed by atoms with E-state index in [0.29, 0.717) is 11.8 Å². The van der Waals surface area contributed by atoms with E-state index >= 15 is 0 Å². The maximum Gasteiger partial charge on any atom is -0.147 e. The first-order valence-corrected chi connectivity index (χ1v) is 18.2. The molecule has 0 saturated heterocycles. The molecule has 26 heavy (non-hydrogen) atoms. The minimum Gasteiger partial charge on any atom is -0.147 e. The maximum absolute atomic E-state index is 7.98. The minimum absolute atomic E-state index is 0. The molecule has 2 unspecified atom stereocenters. The molecule has 0 fully saturated rings. The van der Waals surface area contributed by atoms with Crippen LogP contribution in [0.15, 0.2) is 41.2 Å². The van der Waals surface area contributed by atoms with Crippen molar-refractivity contribution >= 4 is 41.8 Å². The first-order chi connectivity index (χ1) is 10.9. The number of halogens is 3. The van der Waals surface area contributed by atoms with Crippen LogP contribution in [0.4, 0.5) is 0 Å². The first kappa shape index (κ1) is 26.8. The van der Waals surface area contributed by atoms with Crippen LogP contribution in [0.5, 0.6) is 0 Å². The topological polar surface area (TPSA) is 0 Å². The quantitative estimate of drug-likeness (QED) is 0.371. The zero-order valence-corrected chi connectivity index (χ0v) is 23.3. The standard InChI is InChI=1S/2C9H13.C3H7.3ClH.H2Si.Ti/c2*1-6-5-7(2)9(4)8(6)3;1-3-2;;;;;/h2*6H,1-4H3;1,3H2,2H3;3*1H;1H2;/q;;;;;;;+1/p-1. The second-order valence-electron chi connectivity index (χ2n) is 8.43. The number of hydrogen-bond acceptors (Lipinski definition) is 0. The van der Waals surface area contributed by atoms with Crippen molar-refractivity contribution in [1.29, 1.82) is 0 Å². The van der Waals surface area contributed by atoms with Crippen LogP contribution >= 0.6 is 34.1 Å².